The smallest absolute Gasteiger partial charge is 0.254 e. The molecule has 0 spiro atoms. The molecular formula is C28H36N4O2. The Morgan fingerprint density at radius 1 is 1.24 bits per heavy atom. The van der Waals surface area contributed by atoms with Gasteiger partial charge in [-0.1, -0.05) is 43.9 Å². The van der Waals surface area contributed by atoms with E-state index in [0.717, 1.165) is 41.9 Å². The highest BCUT2D eigenvalue weighted by Gasteiger charge is 2.44. The van der Waals surface area contributed by atoms with Crippen molar-refractivity contribution in [1.82, 2.24) is 19.7 Å². The van der Waals surface area contributed by atoms with Crippen LogP contribution in [0.25, 0.3) is 6.08 Å². The second-order valence-electron chi connectivity index (χ2n) is 9.40. The highest BCUT2D eigenvalue weighted by molar-refractivity contribution is 6.01. The molecule has 2 amide bonds. The largest absolute Gasteiger partial charge is 0.354 e. The summed E-state index contributed by atoms with van der Waals surface area (Å²) in [5, 5.41) is 3.26. The Kier molecular flexibility index (Phi) is 7.08. The van der Waals surface area contributed by atoms with Gasteiger partial charge in [0.15, 0.2) is 0 Å². The molecule has 0 radical (unpaired) electrons. The molecule has 6 nitrogen and oxygen atoms in total. The van der Waals surface area contributed by atoms with Crippen molar-refractivity contribution in [3.8, 4) is 0 Å². The van der Waals surface area contributed by atoms with Crippen LogP contribution in [0.15, 0.2) is 49.2 Å². The van der Waals surface area contributed by atoms with Crippen LogP contribution in [0, 0.1) is 6.92 Å². The summed E-state index contributed by atoms with van der Waals surface area (Å²) in [5.41, 5.74) is 4.51. The van der Waals surface area contributed by atoms with Gasteiger partial charge in [0, 0.05) is 44.1 Å². The number of amides is 2. The number of nitrogens with one attached hydrogen (secondary N) is 1. The summed E-state index contributed by atoms with van der Waals surface area (Å²) in [6.45, 7) is 10.7. The van der Waals surface area contributed by atoms with E-state index in [9.17, 15) is 9.59 Å². The number of carbonyl (C=O) groups is 2. The van der Waals surface area contributed by atoms with Crippen molar-refractivity contribution in [2.45, 2.75) is 44.7 Å². The normalized spacial score (nSPS) is 22.9. The average molecular weight is 461 g/mol. The van der Waals surface area contributed by atoms with E-state index in [-0.39, 0.29) is 17.9 Å². The molecule has 0 bridgehead atoms. The van der Waals surface area contributed by atoms with Crippen LogP contribution in [0.1, 0.15) is 64.5 Å². The third-order valence-electron chi connectivity index (χ3n) is 7.52. The minimum Gasteiger partial charge on any atom is -0.354 e. The Morgan fingerprint density at radius 2 is 2.00 bits per heavy atom. The minimum absolute atomic E-state index is 0.0220. The Morgan fingerprint density at radius 3 is 2.74 bits per heavy atom. The number of fused-ring (bicyclic) bond motifs is 1. The van der Waals surface area contributed by atoms with Gasteiger partial charge in [-0.05, 0) is 61.7 Å². The number of aromatic nitrogens is 1. The van der Waals surface area contributed by atoms with Gasteiger partial charge in [0.25, 0.3) is 5.91 Å². The first-order chi connectivity index (χ1) is 16.4. The van der Waals surface area contributed by atoms with Crippen molar-refractivity contribution in [3.05, 3.63) is 77.1 Å². The minimum atomic E-state index is -0.479. The number of likely N-dealkylation sites (N-methyl/N-ethyl adjacent to an activating group) is 2. The molecule has 1 fully saturated rings. The third-order valence-corrected chi connectivity index (χ3v) is 7.52. The van der Waals surface area contributed by atoms with E-state index >= 15 is 0 Å². The summed E-state index contributed by atoms with van der Waals surface area (Å²) in [6, 6.07) is 7.54. The molecule has 0 saturated carbocycles. The molecule has 1 aromatic heterocycles. The molecule has 3 unspecified atom stereocenters. The topological polar surface area (TPSA) is 57.6 Å². The number of rotatable bonds is 7. The van der Waals surface area contributed by atoms with E-state index in [4.69, 9.17) is 0 Å². The summed E-state index contributed by atoms with van der Waals surface area (Å²) >= 11 is 0. The number of allylic oxidation sites excluding steroid dienone is 2. The molecule has 2 aliphatic rings. The lowest BCUT2D eigenvalue weighted by atomic mass is 9.79. The van der Waals surface area contributed by atoms with Crippen LogP contribution in [-0.4, -0.2) is 58.9 Å². The van der Waals surface area contributed by atoms with E-state index in [0.29, 0.717) is 18.2 Å². The van der Waals surface area contributed by atoms with Crippen molar-refractivity contribution in [2.24, 2.45) is 7.05 Å². The maximum absolute atomic E-state index is 13.8. The van der Waals surface area contributed by atoms with Crippen LogP contribution in [0.4, 0.5) is 0 Å². The molecule has 6 heteroatoms. The van der Waals surface area contributed by atoms with Crippen molar-refractivity contribution >= 4 is 17.9 Å². The highest BCUT2D eigenvalue weighted by atomic mass is 16.2. The summed E-state index contributed by atoms with van der Waals surface area (Å²) in [4.78, 5) is 31.3. The van der Waals surface area contributed by atoms with Crippen molar-refractivity contribution in [1.29, 1.82) is 0 Å². The Bertz CT molecular complexity index is 1120. The molecule has 2 aliphatic heterocycles. The summed E-state index contributed by atoms with van der Waals surface area (Å²) in [7, 11) is 3.80. The zero-order valence-electron chi connectivity index (χ0n) is 20.8. The molecule has 1 saturated heterocycles. The number of benzene rings is 1. The van der Waals surface area contributed by atoms with Gasteiger partial charge in [-0.15, -0.1) is 0 Å². The first-order valence-corrected chi connectivity index (χ1v) is 12.2. The molecule has 180 valence electrons. The predicted molar refractivity (Wildman–Crippen MR) is 137 cm³/mol. The van der Waals surface area contributed by atoms with Crippen molar-refractivity contribution < 1.29 is 9.59 Å². The fourth-order valence-electron chi connectivity index (χ4n) is 5.70. The zero-order chi connectivity index (χ0) is 24.4. The molecule has 4 rings (SSSR count). The second-order valence-corrected chi connectivity index (χ2v) is 9.40. The molecule has 3 heterocycles. The van der Waals surface area contributed by atoms with Crippen LogP contribution >= 0.6 is 0 Å². The van der Waals surface area contributed by atoms with Crippen LogP contribution in [0.2, 0.25) is 0 Å². The molecule has 3 atom stereocenters. The lowest BCUT2D eigenvalue weighted by Crippen LogP contribution is -2.48. The van der Waals surface area contributed by atoms with E-state index in [1.807, 2.05) is 50.5 Å². The monoisotopic (exact) mass is 460 g/mol. The number of nitrogens with zero attached hydrogens (tertiary/aromatic N) is 3. The van der Waals surface area contributed by atoms with Gasteiger partial charge < -0.3 is 14.8 Å². The van der Waals surface area contributed by atoms with Gasteiger partial charge in [0.05, 0.1) is 12.0 Å². The van der Waals surface area contributed by atoms with Gasteiger partial charge in [0.1, 0.15) is 0 Å². The number of hydrogen-bond acceptors (Lipinski definition) is 3. The molecule has 2 aromatic rings. The maximum Gasteiger partial charge on any atom is 0.254 e. The van der Waals surface area contributed by atoms with E-state index < -0.39 is 5.92 Å². The SMILES string of the molecule is C=C/C=C\c1c(C)c(C2C(C(=O)NCC3CCCN3CC)c3ccccc3C(=O)N2C)cn1C. The number of hydrogen-bond donors (Lipinski definition) is 1. The van der Waals surface area contributed by atoms with Crippen LogP contribution in [0.3, 0.4) is 0 Å². The number of aryl methyl sites for hydroxylation is 1. The van der Waals surface area contributed by atoms with Crippen molar-refractivity contribution in [2.75, 3.05) is 26.7 Å². The van der Waals surface area contributed by atoms with Gasteiger partial charge in [-0.3, -0.25) is 14.5 Å². The number of likely N-dealkylation sites (tertiary alicyclic amines) is 1. The number of carbonyl (C=O) groups excluding carboxylic acids is 2. The Hall–Kier alpha value is -3.12. The predicted octanol–water partition coefficient (Wildman–Crippen LogP) is 4.04. The first-order valence-electron chi connectivity index (χ1n) is 12.2. The standard InChI is InChI=1S/C28H36N4O2/c1-6-8-15-24-19(3)23(18-30(24)4)26-25(21-13-9-10-14-22(21)28(34)31(26)5)27(33)29-17-20-12-11-16-32(20)7-2/h6,8-10,13-15,18,20,25-26H,1,7,11-12,16-17H2,2-5H3,(H,29,33)/b15-8-. The maximum atomic E-state index is 13.8. The van der Waals surface area contributed by atoms with E-state index in [1.165, 1.54) is 6.42 Å². The van der Waals surface area contributed by atoms with Crippen LogP contribution < -0.4 is 5.32 Å². The Labute approximate surface area is 202 Å². The second kappa shape index (κ2) is 10.0. The third kappa shape index (κ3) is 4.23. The average Bonchev–Trinajstić information content (AvgIpc) is 3.41. The van der Waals surface area contributed by atoms with Gasteiger partial charge in [0.2, 0.25) is 5.91 Å². The fourth-order valence-corrected chi connectivity index (χ4v) is 5.70. The lowest BCUT2D eigenvalue weighted by molar-refractivity contribution is -0.124. The lowest BCUT2D eigenvalue weighted by Gasteiger charge is -2.40. The molecule has 1 N–H and O–H groups in total. The van der Waals surface area contributed by atoms with Gasteiger partial charge >= 0.3 is 0 Å². The molecule has 34 heavy (non-hydrogen) atoms. The summed E-state index contributed by atoms with van der Waals surface area (Å²) < 4.78 is 2.05. The zero-order valence-corrected chi connectivity index (χ0v) is 20.8. The van der Waals surface area contributed by atoms with Crippen molar-refractivity contribution in [3.63, 3.8) is 0 Å². The Balaban J connectivity index is 1.73. The quantitative estimate of drug-likeness (QED) is 0.635. The molecule has 1 aromatic carbocycles. The molecule has 0 aliphatic carbocycles. The summed E-state index contributed by atoms with van der Waals surface area (Å²) in [5.74, 6) is -0.553. The first kappa shape index (κ1) is 24.0. The van der Waals surface area contributed by atoms with Gasteiger partial charge in [-0.2, -0.15) is 0 Å². The van der Waals surface area contributed by atoms with Gasteiger partial charge in [-0.25, -0.2) is 0 Å². The van der Waals surface area contributed by atoms with Crippen LogP contribution in [-0.2, 0) is 11.8 Å². The van der Waals surface area contributed by atoms with E-state index in [1.54, 1.807) is 11.0 Å². The summed E-state index contributed by atoms with van der Waals surface area (Å²) in [6.07, 6.45) is 9.99. The van der Waals surface area contributed by atoms with E-state index in [2.05, 4.69) is 41.4 Å². The fraction of sp³-hybridized carbons (Fsp3) is 0.429. The highest BCUT2D eigenvalue weighted by Crippen LogP contribution is 2.44. The molecular weight excluding hydrogens is 424 g/mol. The van der Waals surface area contributed by atoms with Crippen LogP contribution in [0.5, 0.6) is 0 Å².